The van der Waals surface area contributed by atoms with E-state index in [4.69, 9.17) is 5.73 Å². The summed E-state index contributed by atoms with van der Waals surface area (Å²) in [6, 6.07) is 4.17. The van der Waals surface area contributed by atoms with Crippen molar-refractivity contribution in [2.45, 2.75) is 85.2 Å². The summed E-state index contributed by atoms with van der Waals surface area (Å²) in [5, 5.41) is 2.90. The van der Waals surface area contributed by atoms with Crippen LogP contribution in [0.2, 0.25) is 0 Å². The Morgan fingerprint density at radius 3 is 2.58 bits per heavy atom. The highest BCUT2D eigenvalue weighted by Gasteiger charge is 2.39. The number of aromatic nitrogens is 2. The molecule has 2 aromatic rings. The highest BCUT2D eigenvalue weighted by molar-refractivity contribution is 5.91. The van der Waals surface area contributed by atoms with Crippen molar-refractivity contribution in [3.63, 3.8) is 0 Å². The minimum Gasteiger partial charge on any atom is -0.369 e. The van der Waals surface area contributed by atoms with Gasteiger partial charge in [0.1, 0.15) is 11.3 Å². The number of nitrogens with one attached hydrogen (secondary N) is 2. The normalized spacial score (nSPS) is 19.1. The number of carbonyl (C=O) groups is 3. The molecular weight excluding hydrogens is 461 g/mol. The highest BCUT2D eigenvalue weighted by Crippen LogP contribution is 2.32. The van der Waals surface area contributed by atoms with Crippen molar-refractivity contribution in [2.75, 3.05) is 6.54 Å². The number of hydrogen-bond acceptors (Lipinski definition) is 4. The van der Waals surface area contributed by atoms with Gasteiger partial charge in [-0.3, -0.25) is 14.4 Å². The molecule has 9 heteroatoms. The predicted octanol–water partition coefficient (Wildman–Crippen LogP) is 4.21. The van der Waals surface area contributed by atoms with Gasteiger partial charge in [0, 0.05) is 19.0 Å². The number of rotatable bonds is 9. The Morgan fingerprint density at radius 1 is 1.25 bits per heavy atom. The fraction of sp³-hybridized carbons (Fsp3) is 0.630. The Kier molecular flexibility index (Phi) is 8.74. The molecule has 1 aromatic carbocycles. The number of aromatic amines is 1. The molecule has 1 aromatic heterocycles. The summed E-state index contributed by atoms with van der Waals surface area (Å²) in [6.45, 7) is 10.4. The van der Waals surface area contributed by atoms with Crippen LogP contribution in [-0.2, 0) is 14.4 Å². The van der Waals surface area contributed by atoms with Crippen molar-refractivity contribution in [3.05, 3.63) is 29.8 Å². The molecule has 3 rings (SSSR count). The molecule has 1 aliphatic heterocycles. The lowest BCUT2D eigenvalue weighted by Crippen LogP contribution is -2.48. The molecule has 1 saturated heterocycles. The number of nitrogens with two attached hydrogens (primary N) is 1. The molecule has 198 valence electrons. The maximum atomic E-state index is 14.1. The quantitative estimate of drug-likeness (QED) is 0.476. The van der Waals surface area contributed by atoms with Crippen LogP contribution in [0, 0.1) is 23.1 Å². The third kappa shape index (κ3) is 6.62. The minimum absolute atomic E-state index is 0.0898. The number of imidazole rings is 1. The van der Waals surface area contributed by atoms with E-state index >= 15 is 0 Å². The van der Waals surface area contributed by atoms with Crippen molar-refractivity contribution < 1.29 is 18.8 Å². The monoisotopic (exact) mass is 501 g/mol. The third-order valence-electron chi connectivity index (χ3n) is 7.08. The maximum Gasteiger partial charge on any atom is 0.225 e. The summed E-state index contributed by atoms with van der Waals surface area (Å²) in [5.41, 5.74) is 6.24. The van der Waals surface area contributed by atoms with Crippen molar-refractivity contribution in [2.24, 2.45) is 23.0 Å². The zero-order valence-electron chi connectivity index (χ0n) is 22.1. The van der Waals surface area contributed by atoms with Crippen LogP contribution in [0.25, 0.3) is 11.0 Å². The van der Waals surface area contributed by atoms with E-state index in [-0.39, 0.29) is 29.3 Å². The Hall–Kier alpha value is -2.97. The average Bonchev–Trinajstić information content (AvgIpc) is 3.26. The smallest absolute Gasteiger partial charge is 0.225 e. The SMILES string of the molecule is CC[C@H]1CCCCN1C(=O)C[C@H](C(=O)N[C@@H](C)c1nc2c(F)cccc2[nH]1)C(CC(C)(C)C)C(N)=O. The summed E-state index contributed by atoms with van der Waals surface area (Å²) in [7, 11) is 0. The zero-order valence-corrected chi connectivity index (χ0v) is 22.1. The molecule has 1 unspecified atom stereocenters. The Morgan fingerprint density at radius 2 is 1.97 bits per heavy atom. The first-order valence-electron chi connectivity index (χ1n) is 12.9. The number of fused-ring (bicyclic) bond motifs is 1. The van der Waals surface area contributed by atoms with Gasteiger partial charge in [0.25, 0.3) is 0 Å². The lowest BCUT2D eigenvalue weighted by Gasteiger charge is -2.37. The van der Waals surface area contributed by atoms with Crippen LogP contribution in [0.15, 0.2) is 18.2 Å². The van der Waals surface area contributed by atoms with Crippen molar-refractivity contribution in [1.29, 1.82) is 0 Å². The molecule has 4 atom stereocenters. The van der Waals surface area contributed by atoms with E-state index in [1.54, 1.807) is 19.1 Å². The number of benzene rings is 1. The topological polar surface area (TPSA) is 121 Å². The molecule has 0 bridgehead atoms. The maximum absolute atomic E-state index is 14.1. The summed E-state index contributed by atoms with van der Waals surface area (Å²) >= 11 is 0. The summed E-state index contributed by atoms with van der Waals surface area (Å²) in [4.78, 5) is 48.8. The standard InChI is InChI=1S/C27H40FN5O3/c1-6-17-10-7-8-13-33(17)22(34)14-18(19(24(29)35)15-27(3,4)5)26(36)30-16(2)25-31-21-12-9-11-20(28)23(21)32-25/h9,11-12,16-19H,6-8,10,13-15H2,1-5H3,(H2,29,35)(H,30,36)(H,31,32)/t16-,17-,18-,19?/m0/s1. The van der Waals surface area contributed by atoms with Crippen LogP contribution in [0.3, 0.4) is 0 Å². The zero-order chi connectivity index (χ0) is 26.6. The van der Waals surface area contributed by atoms with Gasteiger partial charge in [-0.05, 0) is 56.6 Å². The van der Waals surface area contributed by atoms with Gasteiger partial charge in [-0.2, -0.15) is 0 Å². The summed E-state index contributed by atoms with van der Waals surface area (Å²) in [5.74, 6) is -2.95. The van der Waals surface area contributed by atoms with E-state index in [2.05, 4.69) is 22.2 Å². The van der Waals surface area contributed by atoms with Crippen molar-refractivity contribution in [1.82, 2.24) is 20.2 Å². The van der Waals surface area contributed by atoms with E-state index in [0.717, 1.165) is 25.7 Å². The van der Waals surface area contributed by atoms with Crippen LogP contribution < -0.4 is 11.1 Å². The first-order chi connectivity index (χ1) is 16.9. The second kappa shape index (κ2) is 11.4. The fourth-order valence-electron chi connectivity index (χ4n) is 5.19. The molecule has 1 aliphatic rings. The Labute approximate surface area is 212 Å². The largest absolute Gasteiger partial charge is 0.369 e. The fourth-order valence-corrected chi connectivity index (χ4v) is 5.19. The number of H-pyrrole nitrogens is 1. The first-order valence-corrected chi connectivity index (χ1v) is 12.9. The van der Waals surface area contributed by atoms with Crippen LogP contribution in [-0.4, -0.2) is 45.2 Å². The molecule has 0 saturated carbocycles. The second-order valence-electron chi connectivity index (χ2n) is 11.2. The van der Waals surface area contributed by atoms with Gasteiger partial charge in [0.15, 0.2) is 5.82 Å². The number of piperidine rings is 1. The van der Waals surface area contributed by atoms with Gasteiger partial charge in [-0.25, -0.2) is 9.37 Å². The molecular formula is C27H40FN5O3. The lowest BCUT2D eigenvalue weighted by atomic mass is 9.76. The van der Waals surface area contributed by atoms with Crippen molar-refractivity contribution in [3.8, 4) is 0 Å². The van der Waals surface area contributed by atoms with Gasteiger partial charge in [-0.15, -0.1) is 0 Å². The molecule has 1 fully saturated rings. The van der Waals surface area contributed by atoms with Crippen LogP contribution in [0.4, 0.5) is 4.39 Å². The van der Waals surface area contributed by atoms with Gasteiger partial charge in [0.2, 0.25) is 17.7 Å². The molecule has 2 heterocycles. The lowest BCUT2D eigenvalue weighted by molar-refractivity contribution is -0.143. The third-order valence-corrected chi connectivity index (χ3v) is 7.08. The molecule has 4 N–H and O–H groups in total. The highest BCUT2D eigenvalue weighted by atomic mass is 19.1. The number of hydrogen-bond donors (Lipinski definition) is 3. The molecule has 8 nitrogen and oxygen atoms in total. The molecule has 36 heavy (non-hydrogen) atoms. The molecule has 0 aliphatic carbocycles. The van der Waals surface area contributed by atoms with Crippen LogP contribution >= 0.6 is 0 Å². The van der Waals surface area contributed by atoms with E-state index in [0.29, 0.717) is 24.3 Å². The van der Waals surface area contributed by atoms with Gasteiger partial charge >= 0.3 is 0 Å². The number of nitrogens with zero attached hydrogens (tertiary/aromatic N) is 2. The number of primary amides is 1. The van der Waals surface area contributed by atoms with E-state index < -0.39 is 35.5 Å². The molecule has 0 spiro atoms. The van der Waals surface area contributed by atoms with Gasteiger partial charge in [0.05, 0.1) is 23.4 Å². The molecule has 0 radical (unpaired) electrons. The number of likely N-dealkylation sites (tertiary alicyclic amines) is 1. The number of amides is 3. The Bertz CT molecular complexity index is 1090. The number of para-hydroxylation sites is 1. The average molecular weight is 502 g/mol. The molecule has 3 amide bonds. The van der Waals surface area contributed by atoms with E-state index in [1.165, 1.54) is 6.07 Å². The summed E-state index contributed by atoms with van der Waals surface area (Å²) < 4.78 is 14.1. The van der Waals surface area contributed by atoms with Crippen LogP contribution in [0.5, 0.6) is 0 Å². The minimum atomic E-state index is -0.919. The Balaban J connectivity index is 1.86. The number of carbonyl (C=O) groups excluding carboxylic acids is 3. The van der Waals surface area contributed by atoms with Gasteiger partial charge < -0.3 is 20.9 Å². The second-order valence-corrected chi connectivity index (χ2v) is 11.2. The predicted molar refractivity (Wildman–Crippen MR) is 137 cm³/mol. The number of halogens is 1. The summed E-state index contributed by atoms with van der Waals surface area (Å²) in [6.07, 6.45) is 4.09. The van der Waals surface area contributed by atoms with Crippen molar-refractivity contribution >= 4 is 28.8 Å². The van der Waals surface area contributed by atoms with E-state index in [9.17, 15) is 18.8 Å². The first kappa shape index (κ1) is 27.6. The van der Waals surface area contributed by atoms with Crippen LogP contribution in [0.1, 0.15) is 85.0 Å². The van der Waals surface area contributed by atoms with E-state index in [1.807, 2.05) is 25.7 Å². The van der Waals surface area contributed by atoms with Gasteiger partial charge in [-0.1, -0.05) is 33.8 Å².